The predicted octanol–water partition coefficient (Wildman–Crippen LogP) is 2.67. The number of benzene rings is 1. The van der Waals surface area contributed by atoms with Crippen LogP contribution in [0.25, 0.3) is 0 Å². The number of hydrogen-bond donors (Lipinski definition) is 1. The van der Waals surface area contributed by atoms with Crippen molar-refractivity contribution in [1.29, 1.82) is 0 Å². The molecule has 0 spiro atoms. The highest BCUT2D eigenvalue weighted by Gasteiger charge is 2.25. The lowest BCUT2D eigenvalue weighted by Gasteiger charge is -2.41. The fourth-order valence-electron chi connectivity index (χ4n) is 3.05. The molecule has 1 fully saturated rings. The molecule has 0 bridgehead atoms. The van der Waals surface area contributed by atoms with Crippen LogP contribution in [0.5, 0.6) is 0 Å². The first-order chi connectivity index (χ1) is 9.52. The molecule has 2 rings (SSSR count). The average molecular weight is 296 g/mol. The van der Waals surface area contributed by atoms with Gasteiger partial charge in [0.15, 0.2) is 0 Å². The van der Waals surface area contributed by atoms with Gasteiger partial charge < -0.3 is 5.73 Å². The molecular formula is C16H26ClN3. The molecule has 0 saturated carbocycles. The van der Waals surface area contributed by atoms with E-state index >= 15 is 0 Å². The van der Waals surface area contributed by atoms with Gasteiger partial charge in [0, 0.05) is 49.8 Å². The van der Waals surface area contributed by atoms with Gasteiger partial charge in [0.2, 0.25) is 0 Å². The lowest BCUT2D eigenvalue weighted by atomic mass is 9.99. The van der Waals surface area contributed by atoms with Gasteiger partial charge >= 0.3 is 0 Å². The summed E-state index contributed by atoms with van der Waals surface area (Å²) < 4.78 is 0. The lowest BCUT2D eigenvalue weighted by molar-refractivity contribution is 0.0800. The van der Waals surface area contributed by atoms with Crippen LogP contribution in [0.3, 0.4) is 0 Å². The molecule has 0 aromatic heterocycles. The highest BCUT2D eigenvalue weighted by atomic mass is 35.5. The zero-order valence-electron chi connectivity index (χ0n) is 12.8. The van der Waals surface area contributed by atoms with Gasteiger partial charge in [0.25, 0.3) is 0 Å². The molecule has 1 aromatic rings. The smallest absolute Gasteiger partial charge is 0.0474 e. The number of hydrogen-bond acceptors (Lipinski definition) is 3. The molecular weight excluding hydrogens is 270 g/mol. The Hall–Kier alpha value is -0.610. The Labute approximate surface area is 127 Å². The third-order valence-corrected chi connectivity index (χ3v) is 4.57. The fourth-order valence-corrected chi connectivity index (χ4v) is 3.28. The number of nitrogens with zero attached hydrogens (tertiary/aromatic N) is 2. The first-order valence-electron chi connectivity index (χ1n) is 7.47. The molecule has 1 aromatic carbocycles. The fraction of sp³-hybridized carbons (Fsp3) is 0.625. The van der Waals surface area contributed by atoms with Crippen LogP contribution in [0.2, 0.25) is 5.02 Å². The molecule has 1 heterocycles. The summed E-state index contributed by atoms with van der Waals surface area (Å²) in [5.74, 6) is 0. The van der Waals surface area contributed by atoms with Crippen molar-refractivity contribution >= 4 is 11.6 Å². The molecule has 4 heteroatoms. The van der Waals surface area contributed by atoms with Crippen LogP contribution in [-0.2, 0) is 0 Å². The largest absolute Gasteiger partial charge is 0.329 e. The zero-order chi connectivity index (χ0) is 14.7. The van der Waals surface area contributed by atoms with E-state index in [9.17, 15) is 0 Å². The van der Waals surface area contributed by atoms with Crippen LogP contribution in [-0.4, -0.2) is 48.6 Å². The van der Waals surface area contributed by atoms with E-state index in [0.29, 0.717) is 18.6 Å². The molecule has 1 aliphatic rings. The van der Waals surface area contributed by atoms with Gasteiger partial charge in [-0.2, -0.15) is 0 Å². The van der Waals surface area contributed by atoms with Crippen molar-refractivity contribution in [2.75, 3.05) is 32.7 Å². The van der Waals surface area contributed by atoms with E-state index in [-0.39, 0.29) is 0 Å². The highest BCUT2D eigenvalue weighted by molar-refractivity contribution is 6.30. The quantitative estimate of drug-likeness (QED) is 0.927. The van der Waals surface area contributed by atoms with E-state index < -0.39 is 0 Å². The summed E-state index contributed by atoms with van der Waals surface area (Å²) in [4.78, 5) is 5.04. The summed E-state index contributed by atoms with van der Waals surface area (Å²) in [6.07, 6.45) is 0. The second kappa shape index (κ2) is 6.90. The predicted molar refractivity (Wildman–Crippen MR) is 86.3 cm³/mol. The minimum Gasteiger partial charge on any atom is -0.329 e. The Kier molecular flexibility index (Phi) is 5.44. The van der Waals surface area contributed by atoms with E-state index in [1.807, 2.05) is 12.1 Å². The van der Waals surface area contributed by atoms with Gasteiger partial charge in [-0.3, -0.25) is 9.80 Å². The Bertz CT molecular complexity index is 439. The van der Waals surface area contributed by atoms with Gasteiger partial charge in [0.05, 0.1) is 0 Å². The van der Waals surface area contributed by atoms with Crippen LogP contribution in [0, 0.1) is 6.92 Å². The molecule has 3 nitrogen and oxygen atoms in total. The summed E-state index contributed by atoms with van der Waals surface area (Å²) in [5, 5.41) is 0.798. The summed E-state index contributed by atoms with van der Waals surface area (Å²) in [5.41, 5.74) is 8.60. The Morgan fingerprint density at radius 2 is 1.75 bits per heavy atom. The van der Waals surface area contributed by atoms with Crippen molar-refractivity contribution in [1.82, 2.24) is 9.80 Å². The normalized spacial score (nSPS) is 19.5. The van der Waals surface area contributed by atoms with Gasteiger partial charge in [-0.15, -0.1) is 0 Å². The second-order valence-corrected chi connectivity index (χ2v) is 6.35. The van der Waals surface area contributed by atoms with Crippen molar-refractivity contribution in [3.05, 3.63) is 34.3 Å². The summed E-state index contributed by atoms with van der Waals surface area (Å²) in [7, 11) is 0. The van der Waals surface area contributed by atoms with Crippen LogP contribution >= 0.6 is 11.6 Å². The van der Waals surface area contributed by atoms with Gasteiger partial charge in [-0.1, -0.05) is 17.7 Å². The van der Waals surface area contributed by atoms with E-state index in [4.69, 9.17) is 17.3 Å². The summed E-state index contributed by atoms with van der Waals surface area (Å²) >= 11 is 6.05. The molecule has 1 saturated heterocycles. The Balaban J connectivity index is 2.09. The molecule has 1 unspecified atom stereocenters. The van der Waals surface area contributed by atoms with Crippen molar-refractivity contribution in [2.24, 2.45) is 5.73 Å². The molecule has 0 aliphatic carbocycles. The van der Waals surface area contributed by atoms with E-state index in [1.54, 1.807) is 0 Å². The maximum Gasteiger partial charge on any atom is 0.0474 e. The summed E-state index contributed by atoms with van der Waals surface area (Å²) in [6.45, 7) is 11.7. The number of aryl methyl sites for hydroxylation is 1. The molecule has 1 aliphatic heterocycles. The number of piperazine rings is 1. The molecule has 0 radical (unpaired) electrons. The monoisotopic (exact) mass is 295 g/mol. The molecule has 112 valence electrons. The van der Waals surface area contributed by atoms with Crippen LogP contribution in [0.1, 0.15) is 31.0 Å². The maximum absolute atomic E-state index is 6.05. The topological polar surface area (TPSA) is 32.5 Å². The van der Waals surface area contributed by atoms with Gasteiger partial charge in [-0.05, 0) is 44.0 Å². The SMILES string of the molecule is Cc1cc(Cl)ccc1C(CN)N1CCN(C(C)C)CC1. The van der Waals surface area contributed by atoms with Crippen LogP contribution in [0.4, 0.5) is 0 Å². The van der Waals surface area contributed by atoms with Crippen molar-refractivity contribution in [3.63, 3.8) is 0 Å². The minimum absolute atomic E-state index is 0.307. The number of rotatable bonds is 4. The maximum atomic E-state index is 6.05. The van der Waals surface area contributed by atoms with Crippen LogP contribution < -0.4 is 5.73 Å². The second-order valence-electron chi connectivity index (χ2n) is 5.92. The first-order valence-corrected chi connectivity index (χ1v) is 7.85. The Morgan fingerprint density at radius 3 is 2.25 bits per heavy atom. The van der Waals surface area contributed by atoms with E-state index in [2.05, 4.69) is 36.6 Å². The number of nitrogens with two attached hydrogens (primary N) is 1. The lowest BCUT2D eigenvalue weighted by Crippen LogP contribution is -2.51. The molecule has 0 amide bonds. The molecule has 2 N–H and O–H groups in total. The van der Waals surface area contributed by atoms with Gasteiger partial charge in [-0.25, -0.2) is 0 Å². The zero-order valence-corrected chi connectivity index (χ0v) is 13.5. The van der Waals surface area contributed by atoms with Crippen molar-refractivity contribution in [3.8, 4) is 0 Å². The minimum atomic E-state index is 0.307. The van der Waals surface area contributed by atoms with Crippen molar-refractivity contribution < 1.29 is 0 Å². The van der Waals surface area contributed by atoms with E-state index in [1.165, 1.54) is 11.1 Å². The van der Waals surface area contributed by atoms with E-state index in [0.717, 1.165) is 31.2 Å². The highest BCUT2D eigenvalue weighted by Crippen LogP contribution is 2.26. The number of halogens is 1. The van der Waals surface area contributed by atoms with Crippen LogP contribution in [0.15, 0.2) is 18.2 Å². The molecule has 20 heavy (non-hydrogen) atoms. The third-order valence-electron chi connectivity index (χ3n) is 4.33. The Morgan fingerprint density at radius 1 is 1.15 bits per heavy atom. The third kappa shape index (κ3) is 3.53. The first kappa shape index (κ1) is 15.8. The van der Waals surface area contributed by atoms with Gasteiger partial charge in [0.1, 0.15) is 0 Å². The standard InChI is InChI=1S/C16H26ClN3/c1-12(2)19-6-8-20(9-7-19)16(11-18)15-5-4-14(17)10-13(15)3/h4-5,10,12,16H,6-9,11,18H2,1-3H3. The van der Waals surface area contributed by atoms with Crippen molar-refractivity contribution in [2.45, 2.75) is 32.9 Å². The average Bonchev–Trinajstić information content (AvgIpc) is 2.42. The molecule has 1 atom stereocenters. The summed E-state index contributed by atoms with van der Waals surface area (Å²) in [6, 6.07) is 7.07.